The molecule has 0 bridgehead atoms. The Morgan fingerprint density at radius 2 is 2.00 bits per heavy atom. The highest BCUT2D eigenvalue weighted by Gasteiger charge is 2.21. The fraction of sp³-hybridized carbons (Fsp3) is 0.429. The van der Waals surface area contributed by atoms with Crippen molar-refractivity contribution in [3.8, 4) is 17.4 Å². The van der Waals surface area contributed by atoms with Gasteiger partial charge in [-0.2, -0.15) is 0 Å². The number of amides is 1. The second-order valence-electron chi connectivity index (χ2n) is 7.22. The van der Waals surface area contributed by atoms with Crippen LogP contribution in [0.2, 0.25) is 0 Å². The van der Waals surface area contributed by atoms with Gasteiger partial charge in [-0.1, -0.05) is 6.07 Å². The van der Waals surface area contributed by atoms with E-state index in [0.717, 1.165) is 61.5 Å². The number of fused-ring (bicyclic) bond motifs is 1. The smallest absolute Gasteiger partial charge is 0.254 e. The fourth-order valence-electron chi connectivity index (χ4n) is 3.92. The summed E-state index contributed by atoms with van der Waals surface area (Å²) in [6.07, 6.45) is 5.39. The average Bonchev–Trinajstić information content (AvgIpc) is 3.33. The Morgan fingerprint density at radius 3 is 2.74 bits per heavy atom. The number of nitrogens with zero attached hydrogens (tertiary/aromatic N) is 2. The lowest BCUT2D eigenvalue weighted by Crippen LogP contribution is -2.18. The summed E-state index contributed by atoms with van der Waals surface area (Å²) < 4.78 is 11.5. The molecule has 0 spiro atoms. The molecule has 2 aromatic rings. The summed E-state index contributed by atoms with van der Waals surface area (Å²) in [5.41, 5.74) is 9.09. The van der Waals surface area contributed by atoms with Crippen LogP contribution in [0.15, 0.2) is 24.3 Å². The maximum absolute atomic E-state index is 11.9. The summed E-state index contributed by atoms with van der Waals surface area (Å²) in [6.45, 7) is 3.12. The van der Waals surface area contributed by atoms with Gasteiger partial charge in [0.05, 0.1) is 7.11 Å². The molecule has 1 aromatic heterocycles. The third-order valence-electron chi connectivity index (χ3n) is 5.35. The van der Waals surface area contributed by atoms with E-state index in [-0.39, 0.29) is 5.88 Å². The molecule has 1 aromatic carbocycles. The molecule has 0 unspecified atom stereocenters. The van der Waals surface area contributed by atoms with Gasteiger partial charge in [-0.25, -0.2) is 4.98 Å². The van der Waals surface area contributed by atoms with Crippen molar-refractivity contribution in [1.82, 2.24) is 9.88 Å². The third-order valence-corrected chi connectivity index (χ3v) is 5.35. The quantitative estimate of drug-likeness (QED) is 0.849. The number of nitrogens with two attached hydrogens (primary N) is 1. The molecule has 4 rings (SSSR count). The zero-order valence-corrected chi connectivity index (χ0v) is 15.7. The van der Waals surface area contributed by atoms with Crippen LogP contribution in [0, 0.1) is 0 Å². The molecule has 1 aliphatic heterocycles. The number of hydrogen-bond acceptors (Lipinski definition) is 5. The van der Waals surface area contributed by atoms with Crippen LogP contribution in [-0.4, -0.2) is 36.0 Å². The molecule has 2 heterocycles. The van der Waals surface area contributed by atoms with Crippen molar-refractivity contribution in [1.29, 1.82) is 0 Å². The van der Waals surface area contributed by atoms with Gasteiger partial charge in [0, 0.05) is 23.9 Å². The standard InChI is InChI=1S/C21H25N3O3/c1-26-19-12-16(8-7-15(19)13-24-9-2-3-10-24)27-21-17(20(22)25)11-14-5-4-6-18(14)23-21/h7-8,11-12H,2-6,9-10,13H2,1H3,(H2,22,25). The average molecular weight is 367 g/mol. The summed E-state index contributed by atoms with van der Waals surface area (Å²) in [7, 11) is 1.66. The molecule has 1 fully saturated rings. The topological polar surface area (TPSA) is 77.7 Å². The van der Waals surface area contributed by atoms with Gasteiger partial charge in [-0.3, -0.25) is 9.69 Å². The number of rotatable bonds is 6. The van der Waals surface area contributed by atoms with Crippen LogP contribution in [0.1, 0.15) is 46.4 Å². The van der Waals surface area contributed by atoms with Crippen molar-refractivity contribution < 1.29 is 14.3 Å². The van der Waals surface area contributed by atoms with Crippen LogP contribution in [0.5, 0.6) is 17.4 Å². The summed E-state index contributed by atoms with van der Waals surface area (Å²) in [5, 5.41) is 0. The molecule has 0 saturated carbocycles. The summed E-state index contributed by atoms with van der Waals surface area (Å²) in [4.78, 5) is 18.8. The zero-order valence-electron chi connectivity index (χ0n) is 15.7. The van der Waals surface area contributed by atoms with Gasteiger partial charge in [0.25, 0.3) is 5.91 Å². The van der Waals surface area contributed by atoms with Crippen LogP contribution in [0.4, 0.5) is 0 Å². The Bertz CT molecular complexity index is 860. The van der Waals surface area contributed by atoms with Gasteiger partial charge in [0.1, 0.15) is 17.1 Å². The highest BCUT2D eigenvalue weighted by atomic mass is 16.5. The second-order valence-corrected chi connectivity index (χ2v) is 7.22. The number of aryl methyl sites for hydroxylation is 2. The molecule has 6 heteroatoms. The largest absolute Gasteiger partial charge is 0.496 e. The number of ether oxygens (including phenoxy) is 2. The number of pyridine rings is 1. The van der Waals surface area contributed by atoms with Gasteiger partial charge in [0.2, 0.25) is 5.88 Å². The van der Waals surface area contributed by atoms with Crippen molar-refractivity contribution in [2.24, 2.45) is 5.73 Å². The highest BCUT2D eigenvalue weighted by Crippen LogP contribution is 2.32. The molecule has 2 aliphatic rings. The van der Waals surface area contributed by atoms with E-state index in [0.29, 0.717) is 11.3 Å². The summed E-state index contributed by atoms with van der Waals surface area (Å²) >= 11 is 0. The number of carbonyl (C=O) groups is 1. The normalized spacial score (nSPS) is 16.3. The maximum atomic E-state index is 11.9. The van der Waals surface area contributed by atoms with Crippen molar-refractivity contribution in [3.05, 3.63) is 46.6 Å². The monoisotopic (exact) mass is 367 g/mol. The van der Waals surface area contributed by atoms with E-state index in [1.165, 1.54) is 12.8 Å². The van der Waals surface area contributed by atoms with Crippen molar-refractivity contribution in [2.45, 2.75) is 38.6 Å². The predicted octanol–water partition coefficient (Wildman–Crippen LogP) is 3.07. The molecule has 27 heavy (non-hydrogen) atoms. The molecule has 1 amide bonds. The van der Waals surface area contributed by atoms with E-state index in [1.54, 1.807) is 7.11 Å². The lowest BCUT2D eigenvalue weighted by molar-refractivity contribution is 0.0997. The first-order chi connectivity index (χ1) is 13.1. The molecule has 1 aliphatic carbocycles. The van der Waals surface area contributed by atoms with Gasteiger partial charge in [-0.15, -0.1) is 0 Å². The highest BCUT2D eigenvalue weighted by molar-refractivity contribution is 5.95. The van der Waals surface area contributed by atoms with E-state index in [1.807, 2.05) is 24.3 Å². The summed E-state index contributed by atoms with van der Waals surface area (Å²) in [5.74, 6) is 1.12. The lowest BCUT2D eigenvalue weighted by atomic mass is 10.1. The van der Waals surface area contributed by atoms with E-state index in [4.69, 9.17) is 15.2 Å². The van der Waals surface area contributed by atoms with Crippen LogP contribution >= 0.6 is 0 Å². The first kappa shape index (κ1) is 17.8. The number of benzene rings is 1. The van der Waals surface area contributed by atoms with Crippen molar-refractivity contribution in [2.75, 3.05) is 20.2 Å². The van der Waals surface area contributed by atoms with Crippen LogP contribution in [-0.2, 0) is 19.4 Å². The first-order valence-electron chi connectivity index (χ1n) is 9.54. The van der Waals surface area contributed by atoms with E-state index >= 15 is 0 Å². The minimum absolute atomic E-state index is 0.275. The molecule has 2 N–H and O–H groups in total. The fourth-order valence-corrected chi connectivity index (χ4v) is 3.92. The Kier molecular flexibility index (Phi) is 4.99. The van der Waals surface area contributed by atoms with Crippen molar-refractivity contribution >= 4 is 5.91 Å². The number of aromatic nitrogens is 1. The zero-order chi connectivity index (χ0) is 18.8. The van der Waals surface area contributed by atoms with Crippen LogP contribution in [0.25, 0.3) is 0 Å². The van der Waals surface area contributed by atoms with Crippen LogP contribution in [0.3, 0.4) is 0 Å². The molecule has 1 saturated heterocycles. The SMILES string of the molecule is COc1cc(Oc2nc3c(cc2C(N)=O)CCC3)ccc1CN1CCCC1. The first-order valence-corrected chi connectivity index (χ1v) is 9.54. The maximum Gasteiger partial charge on any atom is 0.254 e. The third kappa shape index (κ3) is 3.76. The lowest BCUT2D eigenvalue weighted by Gasteiger charge is -2.18. The Hall–Kier alpha value is -2.60. The molecular formula is C21H25N3O3. The molecular weight excluding hydrogens is 342 g/mol. The number of carbonyl (C=O) groups excluding carboxylic acids is 1. The van der Waals surface area contributed by atoms with Gasteiger partial charge >= 0.3 is 0 Å². The van der Waals surface area contributed by atoms with Gasteiger partial charge in [0.15, 0.2) is 0 Å². The van der Waals surface area contributed by atoms with Gasteiger partial charge in [-0.05, 0) is 62.9 Å². The predicted molar refractivity (Wildman–Crippen MR) is 102 cm³/mol. The number of likely N-dealkylation sites (tertiary alicyclic amines) is 1. The molecule has 0 atom stereocenters. The number of primary amides is 1. The Balaban J connectivity index is 1.60. The Labute approximate surface area is 159 Å². The van der Waals surface area contributed by atoms with E-state index in [2.05, 4.69) is 9.88 Å². The van der Waals surface area contributed by atoms with Crippen LogP contribution < -0.4 is 15.2 Å². The molecule has 0 radical (unpaired) electrons. The Morgan fingerprint density at radius 1 is 1.19 bits per heavy atom. The van der Waals surface area contributed by atoms with Crippen molar-refractivity contribution in [3.63, 3.8) is 0 Å². The number of methoxy groups -OCH3 is 1. The number of hydrogen-bond donors (Lipinski definition) is 1. The van der Waals surface area contributed by atoms with E-state index < -0.39 is 5.91 Å². The molecule has 6 nitrogen and oxygen atoms in total. The van der Waals surface area contributed by atoms with Gasteiger partial charge < -0.3 is 15.2 Å². The molecule has 142 valence electrons. The summed E-state index contributed by atoms with van der Waals surface area (Å²) in [6, 6.07) is 7.59. The second kappa shape index (κ2) is 7.56. The minimum atomic E-state index is -0.523. The van der Waals surface area contributed by atoms with E-state index in [9.17, 15) is 4.79 Å². The minimum Gasteiger partial charge on any atom is -0.496 e.